The normalized spacial score (nSPS) is 26.2. The summed E-state index contributed by atoms with van der Waals surface area (Å²) < 4.78 is 27.2. The zero-order chi connectivity index (χ0) is 17.2. The third kappa shape index (κ3) is 3.80. The smallest absolute Gasteiger partial charge is 0.263 e. The van der Waals surface area contributed by atoms with Crippen molar-refractivity contribution in [3.05, 3.63) is 16.3 Å². The molecule has 134 valence electrons. The standard InChI is InChI=1S/C15H23N3O3S3/c1-11-2-4-16-10-12(11)17-15(19)14-13(3-7-23-14)24(20,21)18-5-8-22-9-6-18/h3,7,11-12,16H,2,4-6,8-10H2,1H3,(H,17,19). The van der Waals surface area contributed by atoms with Crippen molar-refractivity contribution in [2.75, 3.05) is 37.7 Å². The first-order chi connectivity index (χ1) is 11.5. The highest BCUT2D eigenvalue weighted by Gasteiger charge is 2.32. The Labute approximate surface area is 151 Å². The molecule has 24 heavy (non-hydrogen) atoms. The number of thioether (sulfide) groups is 1. The lowest BCUT2D eigenvalue weighted by atomic mass is 9.95. The maximum Gasteiger partial charge on any atom is 0.263 e. The summed E-state index contributed by atoms with van der Waals surface area (Å²) in [4.78, 5) is 13.1. The number of piperidine rings is 1. The first-order valence-electron chi connectivity index (χ1n) is 8.17. The topological polar surface area (TPSA) is 78.5 Å². The van der Waals surface area contributed by atoms with E-state index in [-0.39, 0.29) is 16.8 Å². The number of carbonyl (C=O) groups is 1. The molecule has 0 bridgehead atoms. The maximum atomic E-state index is 12.9. The molecule has 1 amide bonds. The Kier molecular flexibility index (Phi) is 5.86. The minimum atomic E-state index is -3.59. The first-order valence-corrected chi connectivity index (χ1v) is 11.6. The van der Waals surface area contributed by atoms with E-state index in [4.69, 9.17) is 0 Å². The van der Waals surface area contributed by atoms with Gasteiger partial charge >= 0.3 is 0 Å². The molecule has 0 spiro atoms. The van der Waals surface area contributed by atoms with Crippen molar-refractivity contribution in [2.24, 2.45) is 5.92 Å². The zero-order valence-corrected chi connectivity index (χ0v) is 16.1. The van der Waals surface area contributed by atoms with Crippen molar-refractivity contribution < 1.29 is 13.2 Å². The minimum absolute atomic E-state index is 0.0373. The van der Waals surface area contributed by atoms with Gasteiger partial charge in [-0.1, -0.05) is 6.92 Å². The molecule has 1 aromatic heterocycles. The molecule has 0 saturated carbocycles. The van der Waals surface area contributed by atoms with Gasteiger partial charge in [-0.25, -0.2) is 8.42 Å². The van der Waals surface area contributed by atoms with Gasteiger partial charge in [-0.3, -0.25) is 4.79 Å². The first kappa shape index (κ1) is 18.2. The number of hydrogen-bond acceptors (Lipinski definition) is 6. The van der Waals surface area contributed by atoms with E-state index in [0.717, 1.165) is 31.0 Å². The van der Waals surface area contributed by atoms with Crippen LogP contribution in [-0.4, -0.2) is 62.4 Å². The predicted molar refractivity (Wildman–Crippen MR) is 98.3 cm³/mol. The van der Waals surface area contributed by atoms with E-state index < -0.39 is 10.0 Å². The van der Waals surface area contributed by atoms with Gasteiger partial charge in [0.1, 0.15) is 9.77 Å². The molecule has 3 heterocycles. The van der Waals surface area contributed by atoms with Crippen LogP contribution in [0, 0.1) is 5.92 Å². The van der Waals surface area contributed by atoms with Crippen LogP contribution in [0.2, 0.25) is 0 Å². The van der Waals surface area contributed by atoms with E-state index in [2.05, 4.69) is 17.6 Å². The molecule has 0 aliphatic carbocycles. The number of nitrogens with one attached hydrogen (secondary N) is 2. The molecule has 2 saturated heterocycles. The van der Waals surface area contributed by atoms with E-state index in [1.165, 1.54) is 15.6 Å². The van der Waals surface area contributed by atoms with Gasteiger partial charge < -0.3 is 10.6 Å². The van der Waals surface area contributed by atoms with E-state index in [9.17, 15) is 13.2 Å². The van der Waals surface area contributed by atoms with Gasteiger partial charge in [0.05, 0.1) is 0 Å². The van der Waals surface area contributed by atoms with Crippen LogP contribution in [-0.2, 0) is 10.0 Å². The highest BCUT2D eigenvalue weighted by atomic mass is 32.2. The fraction of sp³-hybridized carbons (Fsp3) is 0.667. The van der Waals surface area contributed by atoms with E-state index in [1.54, 1.807) is 23.2 Å². The summed E-state index contributed by atoms with van der Waals surface area (Å²) in [6.07, 6.45) is 1.01. The summed E-state index contributed by atoms with van der Waals surface area (Å²) >= 11 is 2.95. The third-order valence-electron chi connectivity index (χ3n) is 4.57. The van der Waals surface area contributed by atoms with Crippen molar-refractivity contribution >= 4 is 39.0 Å². The molecule has 2 aliphatic rings. The lowest BCUT2D eigenvalue weighted by molar-refractivity contribution is 0.0916. The lowest BCUT2D eigenvalue weighted by Crippen LogP contribution is -2.50. The van der Waals surface area contributed by atoms with Crippen molar-refractivity contribution in [2.45, 2.75) is 24.3 Å². The average molecular weight is 390 g/mol. The summed E-state index contributed by atoms with van der Waals surface area (Å²) in [5.74, 6) is 1.71. The van der Waals surface area contributed by atoms with Crippen LogP contribution in [0.3, 0.4) is 0 Å². The number of thiophene rings is 1. The van der Waals surface area contributed by atoms with E-state index in [1.807, 2.05) is 0 Å². The second-order valence-electron chi connectivity index (χ2n) is 6.18. The van der Waals surface area contributed by atoms with Gasteiger partial charge in [-0.05, 0) is 30.3 Å². The summed E-state index contributed by atoms with van der Waals surface area (Å²) in [5.41, 5.74) is 0. The van der Waals surface area contributed by atoms with Crippen LogP contribution in [0.5, 0.6) is 0 Å². The van der Waals surface area contributed by atoms with Crippen molar-refractivity contribution in [3.63, 3.8) is 0 Å². The second kappa shape index (κ2) is 7.74. The Balaban J connectivity index is 1.78. The Morgan fingerprint density at radius 1 is 1.38 bits per heavy atom. The fourth-order valence-electron chi connectivity index (χ4n) is 3.01. The lowest BCUT2D eigenvalue weighted by Gasteiger charge is -2.30. The number of amides is 1. The third-order valence-corrected chi connectivity index (χ3v) is 8.49. The van der Waals surface area contributed by atoms with Crippen LogP contribution in [0.1, 0.15) is 23.0 Å². The molecule has 2 N–H and O–H groups in total. The molecule has 2 fully saturated rings. The molecule has 2 aliphatic heterocycles. The molecular formula is C15H23N3O3S3. The van der Waals surface area contributed by atoms with Crippen LogP contribution in [0.25, 0.3) is 0 Å². The van der Waals surface area contributed by atoms with Gasteiger partial charge in [0.25, 0.3) is 5.91 Å². The number of nitrogens with zero attached hydrogens (tertiary/aromatic N) is 1. The van der Waals surface area contributed by atoms with Crippen LogP contribution >= 0.6 is 23.1 Å². The summed E-state index contributed by atoms with van der Waals surface area (Å²) in [5, 5.41) is 7.96. The molecule has 9 heteroatoms. The number of sulfonamides is 1. The van der Waals surface area contributed by atoms with Crippen LogP contribution in [0.15, 0.2) is 16.3 Å². The van der Waals surface area contributed by atoms with Crippen LogP contribution < -0.4 is 10.6 Å². The van der Waals surface area contributed by atoms with Crippen molar-refractivity contribution in [1.29, 1.82) is 0 Å². The Morgan fingerprint density at radius 2 is 2.12 bits per heavy atom. The van der Waals surface area contributed by atoms with Gasteiger partial charge in [0, 0.05) is 37.2 Å². The Bertz CT molecular complexity index is 683. The quantitative estimate of drug-likeness (QED) is 0.809. The van der Waals surface area contributed by atoms with Crippen molar-refractivity contribution in [3.8, 4) is 0 Å². The molecule has 1 aromatic rings. The molecule has 2 atom stereocenters. The largest absolute Gasteiger partial charge is 0.347 e. The minimum Gasteiger partial charge on any atom is -0.347 e. The Hall–Kier alpha value is -0.610. The second-order valence-corrected chi connectivity index (χ2v) is 10.2. The number of hydrogen-bond donors (Lipinski definition) is 2. The summed E-state index contributed by atoms with van der Waals surface area (Å²) in [7, 11) is -3.59. The van der Waals surface area contributed by atoms with Gasteiger partial charge in [-0.15, -0.1) is 11.3 Å². The summed E-state index contributed by atoms with van der Waals surface area (Å²) in [6, 6.07) is 1.59. The zero-order valence-electron chi connectivity index (χ0n) is 13.7. The molecular weight excluding hydrogens is 366 g/mol. The van der Waals surface area contributed by atoms with Crippen molar-refractivity contribution in [1.82, 2.24) is 14.9 Å². The maximum absolute atomic E-state index is 12.9. The van der Waals surface area contributed by atoms with Gasteiger partial charge in [0.2, 0.25) is 10.0 Å². The van der Waals surface area contributed by atoms with Gasteiger partial charge in [0.15, 0.2) is 0 Å². The molecule has 6 nitrogen and oxygen atoms in total. The Morgan fingerprint density at radius 3 is 2.83 bits per heavy atom. The predicted octanol–water partition coefficient (Wildman–Crippen LogP) is 1.21. The van der Waals surface area contributed by atoms with Crippen LogP contribution in [0.4, 0.5) is 0 Å². The molecule has 0 aromatic carbocycles. The molecule has 3 rings (SSSR count). The molecule has 0 radical (unpaired) electrons. The monoisotopic (exact) mass is 389 g/mol. The van der Waals surface area contributed by atoms with E-state index >= 15 is 0 Å². The highest BCUT2D eigenvalue weighted by molar-refractivity contribution is 7.99. The fourth-order valence-corrected chi connectivity index (χ4v) is 6.89. The number of carbonyl (C=O) groups excluding carboxylic acids is 1. The average Bonchev–Trinajstić information content (AvgIpc) is 3.08. The number of rotatable bonds is 4. The van der Waals surface area contributed by atoms with Gasteiger partial charge in [-0.2, -0.15) is 16.1 Å². The van der Waals surface area contributed by atoms with E-state index in [0.29, 0.717) is 23.9 Å². The highest BCUT2D eigenvalue weighted by Crippen LogP contribution is 2.27. The summed E-state index contributed by atoms with van der Waals surface area (Å²) in [6.45, 7) is 4.81. The molecule has 2 unspecified atom stereocenters. The SMILES string of the molecule is CC1CCNCC1NC(=O)c1sccc1S(=O)(=O)N1CCSCC1.